The molecule has 0 aliphatic heterocycles. The van der Waals surface area contributed by atoms with Gasteiger partial charge in [0.15, 0.2) is 0 Å². The Balaban J connectivity index is 1.82. The van der Waals surface area contributed by atoms with Crippen LogP contribution in [0.1, 0.15) is 24.0 Å². The molecule has 6 nitrogen and oxygen atoms in total. The van der Waals surface area contributed by atoms with Gasteiger partial charge >= 0.3 is 0 Å². The summed E-state index contributed by atoms with van der Waals surface area (Å²) in [5.74, 6) is 0.153. The van der Waals surface area contributed by atoms with Crippen molar-refractivity contribution in [1.82, 2.24) is 0 Å². The molecule has 1 atom stereocenters. The number of nitro groups is 1. The average Bonchev–Trinajstić information content (AvgIpc) is 2.67. The van der Waals surface area contributed by atoms with E-state index >= 15 is 0 Å². The van der Waals surface area contributed by atoms with Crippen molar-refractivity contribution in [3.05, 3.63) is 75.8 Å². The first-order valence-corrected chi connectivity index (χ1v) is 8.52. The zero-order valence-corrected chi connectivity index (χ0v) is 15.4. The van der Waals surface area contributed by atoms with Crippen LogP contribution in [0.2, 0.25) is 0 Å². The van der Waals surface area contributed by atoms with Crippen LogP contribution in [0.3, 0.4) is 0 Å². The molecule has 0 bridgehead atoms. The Morgan fingerprint density at radius 2 is 1.78 bits per heavy atom. The zero-order valence-electron chi connectivity index (χ0n) is 15.4. The normalized spacial score (nSPS) is 11.8. The van der Waals surface area contributed by atoms with E-state index in [0.717, 1.165) is 22.1 Å². The molecule has 3 aromatic rings. The van der Waals surface area contributed by atoms with Gasteiger partial charge < -0.3 is 10.1 Å². The molecule has 3 aromatic carbocycles. The highest BCUT2D eigenvalue weighted by atomic mass is 16.6. The van der Waals surface area contributed by atoms with Crippen LogP contribution in [-0.4, -0.2) is 17.9 Å². The minimum absolute atomic E-state index is 0.0138. The minimum atomic E-state index is -0.452. The summed E-state index contributed by atoms with van der Waals surface area (Å²) in [4.78, 5) is 23.2. The number of nitrogens with one attached hydrogen (secondary N) is 1. The first-order chi connectivity index (χ1) is 12.9. The van der Waals surface area contributed by atoms with E-state index in [1.54, 1.807) is 26.2 Å². The molecule has 1 N–H and O–H groups in total. The summed E-state index contributed by atoms with van der Waals surface area (Å²) in [6.07, 6.45) is 0. The van der Waals surface area contributed by atoms with Crippen molar-refractivity contribution >= 4 is 28.1 Å². The lowest BCUT2D eigenvalue weighted by Gasteiger charge is -2.14. The second-order valence-electron chi connectivity index (χ2n) is 6.44. The number of rotatable bonds is 5. The fourth-order valence-corrected chi connectivity index (χ4v) is 2.92. The number of carbonyl (C=O) groups is 1. The lowest BCUT2D eigenvalue weighted by Crippen LogP contribution is -2.19. The molecule has 0 saturated carbocycles. The molecule has 1 amide bonds. The Morgan fingerprint density at radius 3 is 2.48 bits per heavy atom. The highest BCUT2D eigenvalue weighted by molar-refractivity contribution is 5.96. The number of amides is 1. The lowest BCUT2D eigenvalue weighted by molar-refractivity contribution is -0.385. The zero-order chi connectivity index (χ0) is 19.6. The molecule has 27 heavy (non-hydrogen) atoms. The van der Waals surface area contributed by atoms with Gasteiger partial charge in [0.1, 0.15) is 5.75 Å². The van der Waals surface area contributed by atoms with Crippen molar-refractivity contribution in [2.75, 3.05) is 12.4 Å². The van der Waals surface area contributed by atoms with Gasteiger partial charge in [0, 0.05) is 17.3 Å². The molecule has 0 aliphatic rings. The monoisotopic (exact) mass is 364 g/mol. The molecule has 0 aromatic heterocycles. The molecule has 138 valence electrons. The fourth-order valence-electron chi connectivity index (χ4n) is 2.92. The number of anilines is 1. The van der Waals surface area contributed by atoms with Gasteiger partial charge in [0.05, 0.1) is 18.0 Å². The summed E-state index contributed by atoms with van der Waals surface area (Å²) in [7, 11) is 1.62. The Bertz CT molecular complexity index is 1030. The van der Waals surface area contributed by atoms with E-state index in [0.29, 0.717) is 11.3 Å². The van der Waals surface area contributed by atoms with Crippen molar-refractivity contribution in [2.24, 2.45) is 0 Å². The van der Waals surface area contributed by atoms with Crippen LogP contribution < -0.4 is 10.1 Å². The summed E-state index contributed by atoms with van der Waals surface area (Å²) in [6, 6.07) is 16.3. The summed E-state index contributed by atoms with van der Waals surface area (Å²) in [5, 5.41) is 15.9. The second-order valence-corrected chi connectivity index (χ2v) is 6.44. The van der Waals surface area contributed by atoms with Gasteiger partial charge in [-0.1, -0.05) is 30.3 Å². The van der Waals surface area contributed by atoms with Crippen molar-refractivity contribution in [3.8, 4) is 5.75 Å². The Kier molecular flexibility index (Phi) is 5.07. The molecular formula is C21H20N2O4. The number of aryl methyl sites for hydroxylation is 1. The molecule has 1 unspecified atom stereocenters. The summed E-state index contributed by atoms with van der Waals surface area (Å²) < 4.78 is 5.23. The third-order valence-corrected chi connectivity index (χ3v) is 4.64. The Labute approximate surface area is 156 Å². The maximum Gasteiger partial charge on any atom is 0.274 e. The third-order valence-electron chi connectivity index (χ3n) is 4.64. The van der Waals surface area contributed by atoms with Gasteiger partial charge in [-0.05, 0) is 48.4 Å². The maximum absolute atomic E-state index is 12.6. The van der Waals surface area contributed by atoms with Crippen LogP contribution >= 0.6 is 0 Å². The largest absolute Gasteiger partial charge is 0.497 e. The van der Waals surface area contributed by atoms with Crippen LogP contribution in [-0.2, 0) is 4.79 Å². The Morgan fingerprint density at radius 1 is 1.07 bits per heavy atom. The number of ether oxygens (including phenoxy) is 1. The van der Waals surface area contributed by atoms with Crippen LogP contribution in [0.15, 0.2) is 54.6 Å². The van der Waals surface area contributed by atoms with Crippen LogP contribution in [0.5, 0.6) is 5.75 Å². The van der Waals surface area contributed by atoms with Gasteiger partial charge in [-0.3, -0.25) is 14.9 Å². The molecule has 6 heteroatoms. The number of hydrogen-bond acceptors (Lipinski definition) is 4. The van der Waals surface area contributed by atoms with E-state index in [2.05, 4.69) is 5.32 Å². The number of fused-ring (bicyclic) bond motifs is 1. The van der Waals surface area contributed by atoms with Crippen molar-refractivity contribution < 1.29 is 14.5 Å². The second kappa shape index (κ2) is 7.45. The van der Waals surface area contributed by atoms with Crippen molar-refractivity contribution in [2.45, 2.75) is 19.8 Å². The third kappa shape index (κ3) is 3.89. The number of methoxy groups -OCH3 is 1. The quantitative estimate of drug-likeness (QED) is 0.520. The number of nitro benzene ring substituents is 1. The van der Waals surface area contributed by atoms with Gasteiger partial charge in [0.25, 0.3) is 5.69 Å². The van der Waals surface area contributed by atoms with E-state index < -0.39 is 10.8 Å². The SMILES string of the molecule is COc1ccc2cc(C(C)C(=O)Nc3ccc(C)c([N+](=O)[O-])c3)ccc2c1. The van der Waals surface area contributed by atoms with Crippen molar-refractivity contribution in [1.29, 1.82) is 0 Å². The standard InChI is InChI=1S/C21H20N2O4/c1-13-4-8-18(12-20(13)23(25)26)22-21(24)14(2)15-5-6-17-11-19(27-3)9-7-16(17)10-15/h4-12,14H,1-3H3,(H,22,24). The topological polar surface area (TPSA) is 81.5 Å². The molecule has 0 fully saturated rings. The first kappa shape index (κ1) is 18.4. The molecule has 0 aliphatic carbocycles. The van der Waals surface area contributed by atoms with Crippen LogP contribution in [0.25, 0.3) is 10.8 Å². The van der Waals surface area contributed by atoms with E-state index in [1.165, 1.54) is 6.07 Å². The highest BCUT2D eigenvalue weighted by Crippen LogP contribution is 2.27. The van der Waals surface area contributed by atoms with E-state index in [9.17, 15) is 14.9 Å². The maximum atomic E-state index is 12.6. The van der Waals surface area contributed by atoms with Gasteiger partial charge in [0.2, 0.25) is 5.91 Å². The number of benzene rings is 3. The number of carbonyl (C=O) groups excluding carboxylic acids is 1. The van der Waals surface area contributed by atoms with Gasteiger partial charge in [-0.15, -0.1) is 0 Å². The van der Waals surface area contributed by atoms with E-state index in [1.807, 2.05) is 43.3 Å². The number of nitrogens with zero attached hydrogens (tertiary/aromatic N) is 1. The number of hydrogen-bond donors (Lipinski definition) is 1. The predicted molar refractivity (Wildman–Crippen MR) is 105 cm³/mol. The molecular weight excluding hydrogens is 344 g/mol. The van der Waals surface area contributed by atoms with Gasteiger partial charge in [-0.2, -0.15) is 0 Å². The fraction of sp³-hybridized carbons (Fsp3) is 0.190. The van der Waals surface area contributed by atoms with E-state index in [-0.39, 0.29) is 11.6 Å². The predicted octanol–water partition coefficient (Wildman–Crippen LogP) is 4.81. The summed E-state index contributed by atoms with van der Waals surface area (Å²) >= 11 is 0. The Hall–Kier alpha value is -3.41. The lowest BCUT2D eigenvalue weighted by atomic mass is 9.97. The molecule has 0 spiro atoms. The molecule has 0 radical (unpaired) electrons. The van der Waals surface area contributed by atoms with Crippen LogP contribution in [0, 0.1) is 17.0 Å². The van der Waals surface area contributed by atoms with E-state index in [4.69, 9.17) is 4.74 Å². The molecule has 0 heterocycles. The average molecular weight is 364 g/mol. The first-order valence-electron chi connectivity index (χ1n) is 8.52. The highest BCUT2D eigenvalue weighted by Gasteiger charge is 2.18. The van der Waals surface area contributed by atoms with Crippen molar-refractivity contribution in [3.63, 3.8) is 0 Å². The van der Waals surface area contributed by atoms with Crippen LogP contribution in [0.4, 0.5) is 11.4 Å². The molecule has 3 rings (SSSR count). The summed E-state index contributed by atoms with van der Waals surface area (Å²) in [6.45, 7) is 3.47. The smallest absolute Gasteiger partial charge is 0.274 e. The molecule has 0 saturated heterocycles. The summed E-state index contributed by atoms with van der Waals surface area (Å²) in [5.41, 5.74) is 1.82. The minimum Gasteiger partial charge on any atom is -0.497 e. The van der Waals surface area contributed by atoms with Gasteiger partial charge in [-0.25, -0.2) is 0 Å².